The molecule has 0 aromatic heterocycles. The van der Waals surface area contributed by atoms with E-state index in [1.165, 1.54) is 0 Å². The summed E-state index contributed by atoms with van der Waals surface area (Å²) in [6.45, 7) is 0. The fraction of sp³-hybridized carbons (Fsp3) is 0.667. The molecule has 0 atom stereocenters. The fourth-order valence-electron chi connectivity index (χ4n) is 3.76. The van der Waals surface area contributed by atoms with Crippen molar-refractivity contribution in [2.24, 2.45) is 11.8 Å². The molecule has 2 rings (SSSR count). The van der Waals surface area contributed by atoms with Gasteiger partial charge in [0.05, 0.1) is 11.1 Å². The zero-order valence-corrected chi connectivity index (χ0v) is 13.8. The highest BCUT2D eigenvalue weighted by molar-refractivity contribution is 6.05. The first-order valence-corrected chi connectivity index (χ1v) is 8.64. The van der Waals surface area contributed by atoms with Gasteiger partial charge in [-0.05, 0) is 25.7 Å². The molecule has 2 saturated carbocycles. The van der Waals surface area contributed by atoms with Gasteiger partial charge in [0.1, 0.15) is 11.6 Å². The van der Waals surface area contributed by atoms with Gasteiger partial charge in [0.25, 0.3) is 0 Å². The predicted octanol–water partition coefficient (Wildman–Crippen LogP) is 2.75. The zero-order chi connectivity index (χ0) is 17.7. The molecule has 2 fully saturated rings. The number of hydrogen-bond acceptors (Lipinski definition) is 4. The molecule has 0 aromatic rings. The largest absolute Gasteiger partial charge is 0.478 e. The van der Waals surface area contributed by atoms with Gasteiger partial charge >= 0.3 is 11.9 Å². The highest BCUT2D eigenvalue weighted by atomic mass is 16.4. The number of carbonyl (C=O) groups is 4. The standard InChI is InChI=1S/C18H24O6/c19-15(11-5-1-2-6-11)9-13(17(21)22)14(18(23)24)10-16(20)12-7-3-4-8-12/h11-12H,1-10H2,(H,21,22)(H,23,24). The Morgan fingerprint density at radius 1 is 0.625 bits per heavy atom. The molecule has 6 nitrogen and oxygen atoms in total. The molecule has 2 N–H and O–H groups in total. The Morgan fingerprint density at radius 2 is 0.917 bits per heavy atom. The van der Waals surface area contributed by atoms with Gasteiger partial charge in [0.2, 0.25) is 0 Å². The van der Waals surface area contributed by atoms with Crippen molar-refractivity contribution in [3.05, 3.63) is 11.1 Å². The third kappa shape index (κ3) is 4.52. The Labute approximate surface area is 140 Å². The minimum Gasteiger partial charge on any atom is -0.478 e. The molecule has 0 heterocycles. The Balaban J connectivity index is 2.18. The highest BCUT2D eigenvalue weighted by Crippen LogP contribution is 2.30. The van der Waals surface area contributed by atoms with Crippen LogP contribution in [0.2, 0.25) is 0 Å². The number of aliphatic carboxylic acids is 2. The van der Waals surface area contributed by atoms with Crippen molar-refractivity contribution in [3.63, 3.8) is 0 Å². The van der Waals surface area contributed by atoms with Crippen LogP contribution >= 0.6 is 0 Å². The number of hydrogen-bond donors (Lipinski definition) is 2. The van der Waals surface area contributed by atoms with Gasteiger partial charge in [-0.2, -0.15) is 0 Å². The van der Waals surface area contributed by atoms with Gasteiger partial charge in [0.15, 0.2) is 0 Å². The van der Waals surface area contributed by atoms with Gasteiger partial charge < -0.3 is 10.2 Å². The predicted molar refractivity (Wildman–Crippen MR) is 85.5 cm³/mol. The Morgan fingerprint density at radius 3 is 1.17 bits per heavy atom. The van der Waals surface area contributed by atoms with Crippen LogP contribution in [0.1, 0.15) is 64.2 Å². The minimum atomic E-state index is -1.42. The lowest BCUT2D eigenvalue weighted by molar-refractivity contribution is -0.137. The molecule has 0 radical (unpaired) electrons. The highest BCUT2D eigenvalue weighted by Gasteiger charge is 2.31. The molecule has 0 bridgehead atoms. The van der Waals surface area contributed by atoms with Crippen molar-refractivity contribution >= 4 is 23.5 Å². The molecule has 0 saturated heterocycles. The number of carbonyl (C=O) groups excluding carboxylic acids is 2. The van der Waals surface area contributed by atoms with Crippen molar-refractivity contribution in [3.8, 4) is 0 Å². The number of ketones is 2. The van der Waals surface area contributed by atoms with Crippen LogP contribution in [0.25, 0.3) is 0 Å². The van der Waals surface area contributed by atoms with E-state index in [4.69, 9.17) is 0 Å². The van der Waals surface area contributed by atoms with Crippen LogP contribution in [0.15, 0.2) is 11.1 Å². The van der Waals surface area contributed by atoms with Crippen molar-refractivity contribution in [1.29, 1.82) is 0 Å². The van der Waals surface area contributed by atoms with Crippen LogP contribution in [0.5, 0.6) is 0 Å². The average molecular weight is 336 g/mol. The third-order valence-corrected chi connectivity index (χ3v) is 5.20. The van der Waals surface area contributed by atoms with E-state index in [1.807, 2.05) is 0 Å². The van der Waals surface area contributed by atoms with E-state index in [0.29, 0.717) is 0 Å². The van der Waals surface area contributed by atoms with Gasteiger partial charge in [-0.3, -0.25) is 9.59 Å². The van der Waals surface area contributed by atoms with E-state index in [2.05, 4.69) is 0 Å². The summed E-state index contributed by atoms with van der Waals surface area (Å²) in [5.74, 6) is -3.65. The van der Waals surface area contributed by atoms with Crippen molar-refractivity contribution in [2.75, 3.05) is 0 Å². The maximum Gasteiger partial charge on any atom is 0.332 e. The molecule has 0 aromatic carbocycles. The summed E-state index contributed by atoms with van der Waals surface area (Å²) in [4.78, 5) is 47.5. The summed E-state index contributed by atoms with van der Waals surface area (Å²) in [5.41, 5.74) is -0.850. The minimum absolute atomic E-state index is 0.181. The number of carboxylic acids is 2. The maximum atomic E-state index is 12.3. The van der Waals surface area contributed by atoms with E-state index in [0.717, 1.165) is 51.4 Å². The fourth-order valence-corrected chi connectivity index (χ4v) is 3.76. The van der Waals surface area contributed by atoms with Crippen LogP contribution in [-0.4, -0.2) is 33.7 Å². The zero-order valence-electron chi connectivity index (χ0n) is 13.8. The smallest absolute Gasteiger partial charge is 0.332 e. The van der Waals surface area contributed by atoms with Crippen LogP contribution in [0, 0.1) is 11.8 Å². The molecular weight excluding hydrogens is 312 g/mol. The molecular formula is C18H24O6. The van der Waals surface area contributed by atoms with Crippen LogP contribution in [-0.2, 0) is 19.2 Å². The molecule has 0 amide bonds. The van der Waals surface area contributed by atoms with E-state index in [-0.39, 0.29) is 23.4 Å². The van der Waals surface area contributed by atoms with E-state index >= 15 is 0 Å². The summed E-state index contributed by atoms with van der Waals surface area (Å²) in [7, 11) is 0. The molecule has 2 aliphatic carbocycles. The molecule has 6 heteroatoms. The monoisotopic (exact) mass is 336 g/mol. The maximum absolute atomic E-state index is 12.3. The summed E-state index contributed by atoms with van der Waals surface area (Å²) >= 11 is 0. The van der Waals surface area contributed by atoms with E-state index in [9.17, 15) is 29.4 Å². The van der Waals surface area contributed by atoms with Gasteiger partial charge in [-0.1, -0.05) is 25.7 Å². The first kappa shape index (κ1) is 18.4. The van der Waals surface area contributed by atoms with E-state index < -0.39 is 35.9 Å². The first-order chi connectivity index (χ1) is 11.4. The number of carboxylic acid groups (broad SMARTS) is 2. The SMILES string of the molecule is O=C(O)C(CC(=O)C1CCCC1)=C(CC(=O)C1CCCC1)C(=O)O. The summed E-state index contributed by atoms with van der Waals surface area (Å²) in [5, 5.41) is 18.8. The molecule has 0 unspecified atom stereocenters. The normalized spacial score (nSPS) is 20.0. The topological polar surface area (TPSA) is 109 Å². The van der Waals surface area contributed by atoms with Crippen molar-refractivity contribution in [1.82, 2.24) is 0 Å². The Hall–Kier alpha value is -1.98. The average Bonchev–Trinajstić information content (AvgIpc) is 3.22. The summed E-state index contributed by atoms with van der Waals surface area (Å²) in [6.07, 6.45) is 5.87. The first-order valence-electron chi connectivity index (χ1n) is 8.64. The quantitative estimate of drug-likeness (QED) is 0.660. The molecule has 2 aliphatic rings. The van der Waals surface area contributed by atoms with Gasteiger partial charge in [-0.25, -0.2) is 9.59 Å². The summed E-state index contributed by atoms with van der Waals surface area (Å²) in [6, 6.07) is 0. The third-order valence-electron chi connectivity index (χ3n) is 5.20. The second-order valence-corrected chi connectivity index (χ2v) is 6.82. The number of rotatable bonds is 8. The Bertz CT molecular complexity index is 512. The lowest BCUT2D eigenvalue weighted by atomic mass is 9.90. The second-order valence-electron chi connectivity index (χ2n) is 6.82. The van der Waals surface area contributed by atoms with Crippen LogP contribution in [0.4, 0.5) is 0 Å². The van der Waals surface area contributed by atoms with Crippen LogP contribution < -0.4 is 0 Å². The molecule has 24 heavy (non-hydrogen) atoms. The second kappa shape index (κ2) is 8.22. The summed E-state index contributed by atoms with van der Waals surface area (Å²) < 4.78 is 0. The number of Topliss-reactive ketones (excluding diaryl/α,β-unsaturated/α-hetero) is 2. The lowest BCUT2D eigenvalue weighted by Gasteiger charge is -2.13. The van der Waals surface area contributed by atoms with E-state index in [1.54, 1.807) is 0 Å². The lowest BCUT2D eigenvalue weighted by Crippen LogP contribution is -2.21. The Kier molecular flexibility index (Phi) is 6.29. The van der Waals surface area contributed by atoms with Crippen molar-refractivity contribution < 1.29 is 29.4 Å². The molecule has 0 aliphatic heterocycles. The van der Waals surface area contributed by atoms with Gasteiger partial charge in [0, 0.05) is 24.7 Å². The molecule has 132 valence electrons. The molecule has 0 spiro atoms. The van der Waals surface area contributed by atoms with Crippen LogP contribution in [0.3, 0.4) is 0 Å². The van der Waals surface area contributed by atoms with Crippen molar-refractivity contribution in [2.45, 2.75) is 64.2 Å². The van der Waals surface area contributed by atoms with Gasteiger partial charge in [-0.15, -0.1) is 0 Å².